The summed E-state index contributed by atoms with van der Waals surface area (Å²) in [6.07, 6.45) is -3.55. The fourth-order valence-corrected chi connectivity index (χ4v) is 2.43. The van der Waals surface area contributed by atoms with Gasteiger partial charge in [-0.2, -0.15) is 18.3 Å². The predicted molar refractivity (Wildman–Crippen MR) is 95.1 cm³/mol. The largest absolute Gasteiger partial charge is 0.416 e. The minimum atomic E-state index is -4.51. The molecule has 0 unspecified atom stereocenters. The number of rotatable bonds is 7. The number of nitrogens with zero attached hydrogens (tertiary/aromatic N) is 2. The average molecular weight is 382 g/mol. The molecule has 1 amide bonds. The molecule has 2 aromatic rings. The molecular weight excluding hydrogens is 361 g/mol. The van der Waals surface area contributed by atoms with Crippen molar-refractivity contribution in [1.82, 2.24) is 20.4 Å². The first-order valence-corrected chi connectivity index (χ1v) is 8.51. The summed E-state index contributed by atoms with van der Waals surface area (Å²) in [7, 11) is 0. The van der Waals surface area contributed by atoms with E-state index in [1.165, 1.54) is 25.1 Å². The molecule has 0 saturated carbocycles. The van der Waals surface area contributed by atoms with Crippen LogP contribution >= 0.6 is 0 Å². The minimum absolute atomic E-state index is 0.112. The second-order valence-electron chi connectivity index (χ2n) is 5.96. The maximum Gasteiger partial charge on any atom is 0.416 e. The molecular formula is C18H21F3N4O2. The van der Waals surface area contributed by atoms with Crippen LogP contribution in [0.3, 0.4) is 0 Å². The molecule has 0 aliphatic heterocycles. The molecule has 2 rings (SSSR count). The van der Waals surface area contributed by atoms with Crippen LogP contribution in [-0.4, -0.2) is 35.3 Å². The van der Waals surface area contributed by atoms with Crippen LogP contribution in [0.15, 0.2) is 35.1 Å². The molecule has 9 heteroatoms. The highest BCUT2D eigenvalue weighted by Gasteiger charge is 2.30. The van der Waals surface area contributed by atoms with Gasteiger partial charge < -0.3 is 10.6 Å². The molecule has 0 aliphatic carbocycles. The fourth-order valence-electron chi connectivity index (χ4n) is 2.43. The van der Waals surface area contributed by atoms with Gasteiger partial charge in [0.2, 0.25) is 5.43 Å². The van der Waals surface area contributed by atoms with E-state index >= 15 is 0 Å². The standard InChI is InChI=1S/C18H21F3N4O2/c1-3-7-22-8-9-23-17(27)16-15(26)10-12(2)25(24-16)14-6-4-5-13(11-14)18(19,20)21/h4-6,10-11,22H,3,7-9H2,1-2H3,(H,23,27). The molecule has 1 aromatic heterocycles. The SMILES string of the molecule is CCCNCCNC(=O)c1nn(-c2cccc(C(F)(F)F)c2)c(C)cc1=O. The zero-order valence-electron chi connectivity index (χ0n) is 15.1. The fraction of sp³-hybridized carbons (Fsp3) is 0.389. The molecule has 0 fully saturated rings. The second kappa shape index (κ2) is 8.81. The van der Waals surface area contributed by atoms with Crippen LogP contribution in [0.1, 0.15) is 35.1 Å². The Kier molecular flexibility index (Phi) is 6.73. The molecule has 0 spiro atoms. The van der Waals surface area contributed by atoms with Gasteiger partial charge >= 0.3 is 6.18 Å². The summed E-state index contributed by atoms with van der Waals surface area (Å²) in [4.78, 5) is 24.3. The van der Waals surface area contributed by atoms with Gasteiger partial charge in [0.05, 0.1) is 11.3 Å². The van der Waals surface area contributed by atoms with Crippen molar-refractivity contribution < 1.29 is 18.0 Å². The summed E-state index contributed by atoms with van der Waals surface area (Å²) in [6, 6.07) is 5.71. The summed E-state index contributed by atoms with van der Waals surface area (Å²) >= 11 is 0. The van der Waals surface area contributed by atoms with Gasteiger partial charge in [-0.15, -0.1) is 0 Å². The number of nitrogens with one attached hydrogen (secondary N) is 2. The van der Waals surface area contributed by atoms with Gasteiger partial charge in [-0.25, -0.2) is 4.68 Å². The lowest BCUT2D eigenvalue weighted by Gasteiger charge is -2.13. The van der Waals surface area contributed by atoms with Crippen molar-refractivity contribution in [2.75, 3.05) is 19.6 Å². The highest BCUT2D eigenvalue weighted by atomic mass is 19.4. The normalized spacial score (nSPS) is 11.4. The van der Waals surface area contributed by atoms with Gasteiger partial charge in [-0.05, 0) is 38.1 Å². The second-order valence-corrected chi connectivity index (χ2v) is 5.96. The zero-order chi connectivity index (χ0) is 20.0. The van der Waals surface area contributed by atoms with Gasteiger partial charge in [-0.3, -0.25) is 9.59 Å². The van der Waals surface area contributed by atoms with Crippen LogP contribution in [-0.2, 0) is 6.18 Å². The molecule has 27 heavy (non-hydrogen) atoms. The smallest absolute Gasteiger partial charge is 0.349 e. The number of hydrogen-bond donors (Lipinski definition) is 2. The van der Waals surface area contributed by atoms with E-state index in [2.05, 4.69) is 15.7 Å². The third-order valence-corrected chi connectivity index (χ3v) is 3.75. The summed E-state index contributed by atoms with van der Waals surface area (Å²) < 4.78 is 40.0. The average Bonchev–Trinajstić information content (AvgIpc) is 2.61. The summed E-state index contributed by atoms with van der Waals surface area (Å²) in [5.74, 6) is -0.668. The maximum absolute atomic E-state index is 12.9. The van der Waals surface area contributed by atoms with Crippen LogP contribution in [0.2, 0.25) is 0 Å². The van der Waals surface area contributed by atoms with E-state index in [-0.39, 0.29) is 11.4 Å². The molecule has 1 aromatic carbocycles. The number of carbonyl (C=O) groups is 1. The third kappa shape index (κ3) is 5.40. The van der Waals surface area contributed by atoms with Crippen molar-refractivity contribution in [2.24, 2.45) is 0 Å². The predicted octanol–water partition coefficient (Wildman–Crippen LogP) is 2.29. The first-order valence-electron chi connectivity index (χ1n) is 8.51. The highest BCUT2D eigenvalue weighted by Crippen LogP contribution is 2.30. The van der Waals surface area contributed by atoms with Gasteiger partial charge in [0.25, 0.3) is 5.91 Å². The van der Waals surface area contributed by atoms with E-state index in [9.17, 15) is 22.8 Å². The van der Waals surface area contributed by atoms with E-state index in [4.69, 9.17) is 0 Å². The van der Waals surface area contributed by atoms with E-state index in [1.807, 2.05) is 6.92 Å². The lowest BCUT2D eigenvalue weighted by molar-refractivity contribution is -0.137. The van der Waals surface area contributed by atoms with Gasteiger partial charge in [0.1, 0.15) is 0 Å². The number of hydrogen-bond acceptors (Lipinski definition) is 4. The van der Waals surface area contributed by atoms with Crippen molar-refractivity contribution in [3.8, 4) is 5.69 Å². The van der Waals surface area contributed by atoms with E-state index in [0.717, 1.165) is 29.8 Å². The van der Waals surface area contributed by atoms with Crippen LogP contribution in [0.25, 0.3) is 5.69 Å². The van der Waals surface area contributed by atoms with Crippen LogP contribution in [0, 0.1) is 6.92 Å². The molecule has 0 aliphatic rings. The molecule has 6 nitrogen and oxygen atoms in total. The lowest BCUT2D eigenvalue weighted by Crippen LogP contribution is -2.36. The van der Waals surface area contributed by atoms with Gasteiger partial charge in [-0.1, -0.05) is 13.0 Å². The number of aryl methyl sites for hydroxylation is 1. The van der Waals surface area contributed by atoms with Gasteiger partial charge in [0, 0.05) is 24.8 Å². The summed E-state index contributed by atoms with van der Waals surface area (Å²) in [5, 5.41) is 9.66. The maximum atomic E-state index is 12.9. The molecule has 2 N–H and O–H groups in total. The minimum Gasteiger partial charge on any atom is -0.349 e. The van der Waals surface area contributed by atoms with Crippen molar-refractivity contribution in [2.45, 2.75) is 26.4 Å². The summed E-state index contributed by atoms with van der Waals surface area (Å²) in [6.45, 7) is 5.19. The Morgan fingerprint density at radius 2 is 1.93 bits per heavy atom. The van der Waals surface area contributed by atoms with Crippen molar-refractivity contribution in [1.29, 1.82) is 0 Å². The Balaban J connectivity index is 2.28. The Morgan fingerprint density at radius 3 is 2.59 bits per heavy atom. The van der Waals surface area contributed by atoms with Crippen LogP contribution in [0.5, 0.6) is 0 Å². The number of aromatic nitrogens is 2. The number of halogens is 3. The molecule has 0 saturated heterocycles. The number of benzene rings is 1. The van der Waals surface area contributed by atoms with Crippen LogP contribution < -0.4 is 16.1 Å². The third-order valence-electron chi connectivity index (χ3n) is 3.75. The number of carbonyl (C=O) groups excluding carboxylic acids is 1. The molecule has 146 valence electrons. The quantitative estimate of drug-likeness (QED) is 0.721. The summed E-state index contributed by atoms with van der Waals surface area (Å²) in [5.41, 5.74) is -1.36. The lowest BCUT2D eigenvalue weighted by atomic mass is 10.2. The Hall–Kier alpha value is -2.68. The molecule has 0 radical (unpaired) electrons. The van der Waals surface area contributed by atoms with Crippen molar-refractivity contribution in [3.63, 3.8) is 0 Å². The van der Waals surface area contributed by atoms with E-state index < -0.39 is 23.1 Å². The Labute approximate surface area is 154 Å². The topological polar surface area (TPSA) is 76.0 Å². The Morgan fingerprint density at radius 1 is 1.19 bits per heavy atom. The molecule has 0 atom stereocenters. The first kappa shape index (κ1) is 20.6. The Bertz CT molecular complexity index is 862. The van der Waals surface area contributed by atoms with Gasteiger partial charge in [0.15, 0.2) is 5.69 Å². The van der Waals surface area contributed by atoms with Crippen molar-refractivity contribution in [3.05, 3.63) is 57.5 Å². The molecule has 1 heterocycles. The number of amides is 1. The molecule has 0 bridgehead atoms. The first-order chi connectivity index (χ1) is 12.7. The highest BCUT2D eigenvalue weighted by molar-refractivity contribution is 5.92. The van der Waals surface area contributed by atoms with Crippen LogP contribution in [0.4, 0.5) is 13.2 Å². The monoisotopic (exact) mass is 382 g/mol. The van der Waals surface area contributed by atoms with Crippen molar-refractivity contribution >= 4 is 5.91 Å². The van der Waals surface area contributed by atoms with E-state index in [0.29, 0.717) is 18.8 Å². The zero-order valence-corrected chi connectivity index (χ0v) is 15.1. The number of alkyl halides is 3. The van der Waals surface area contributed by atoms with E-state index in [1.54, 1.807) is 0 Å².